The summed E-state index contributed by atoms with van der Waals surface area (Å²) in [6, 6.07) is 7.37. The molecule has 1 aromatic rings. The van der Waals surface area contributed by atoms with Gasteiger partial charge in [-0.2, -0.15) is 0 Å². The number of rotatable bonds is 2. The molecule has 0 radical (unpaired) electrons. The van der Waals surface area contributed by atoms with Crippen molar-refractivity contribution in [2.75, 3.05) is 13.2 Å². The summed E-state index contributed by atoms with van der Waals surface area (Å²) in [6.45, 7) is 0.785. The molecule has 2 rings (SSSR count). The van der Waals surface area contributed by atoms with Gasteiger partial charge in [-0.3, -0.25) is 4.79 Å². The maximum atomic E-state index is 11.6. The summed E-state index contributed by atoms with van der Waals surface area (Å²) in [5.74, 6) is -0.346. The first-order valence-corrected chi connectivity index (χ1v) is 6.02. The fourth-order valence-electron chi connectivity index (χ4n) is 1.85. The molecule has 0 unspecified atom stereocenters. The summed E-state index contributed by atoms with van der Waals surface area (Å²) in [4.78, 5) is 11.6. The van der Waals surface area contributed by atoms with Crippen LogP contribution in [0, 0.1) is 5.92 Å². The van der Waals surface area contributed by atoms with Gasteiger partial charge < -0.3 is 9.84 Å². The number of hydrogen-bond donors (Lipinski definition) is 1. The lowest BCUT2D eigenvalue weighted by atomic mass is 9.90. The van der Waals surface area contributed by atoms with Crippen LogP contribution in [0.25, 0.3) is 0 Å². The van der Waals surface area contributed by atoms with Gasteiger partial charge in [0.15, 0.2) is 0 Å². The average molecular weight is 285 g/mol. The lowest BCUT2D eigenvalue weighted by molar-refractivity contribution is -0.136. The van der Waals surface area contributed by atoms with E-state index in [9.17, 15) is 9.90 Å². The summed E-state index contributed by atoms with van der Waals surface area (Å²) < 4.78 is 6.13. The van der Waals surface area contributed by atoms with E-state index in [1.165, 1.54) is 0 Å². The average Bonchev–Trinajstić information content (AvgIpc) is 2.29. The number of carbonyl (C=O) groups excluding carboxylic acids is 1. The topological polar surface area (TPSA) is 46.5 Å². The van der Waals surface area contributed by atoms with Crippen LogP contribution in [-0.2, 0) is 9.53 Å². The Labute approximate surface area is 103 Å². The fraction of sp³-hybridized carbons (Fsp3) is 0.417. The minimum absolute atomic E-state index is 0.0822. The van der Waals surface area contributed by atoms with Crippen LogP contribution in [0.1, 0.15) is 18.1 Å². The van der Waals surface area contributed by atoms with Crippen molar-refractivity contribution < 1.29 is 14.6 Å². The third-order valence-electron chi connectivity index (χ3n) is 2.78. The molecule has 0 spiro atoms. The van der Waals surface area contributed by atoms with Gasteiger partial charge in [-0.25, -0.2) is 0 Å². The first-order valence-electron chi connectivity index (χ1n) is 5.22. The molecule has 2 atom stereocenters. The Kier molecular flexibility index (Phi) is 3.74. The Morgan fingerprint density at radius 2 is 2.31 bits per heavy atom. The molecule has 1 aromatic carbocycles. The summed E-state index contributed by atoms with van der Waals surface area (Å²) in [5, 5.41) is 10.1. The van der Waals surface area contributed by atoms with Gasteiger partial charge in [-0.15, -0.1) is 0 Å². The molecule has 86 valence electrons. The molecule has 1 heterocycles. The molecule has 0 amide bonds. The van der Waals surface area contributed by atoms with Gasteiger partial charge >= 0.3 is 0 Å². The van der Waals surface area contributed by atoms with Crippen LogP contribution >= 0.6 is 15.9 Å². The molecule has 1 saturated heterocycles. The van der Waals surface area contributed by atoms with Crippen molar-refractivity contribution in [3.05, 3.63) is 34.3 Å². The number of halogens is 1. The lowest BCUT2D eigenvalue weighted by Gasteiger charge is -2.25. The zero-order chi connectivity index (χ0) is 11.5. The lowest BCUT2D eigenvalue weighted by Crippen LogP contribution is -2.32. The molecular weight excluding hydrogens is 272 g/mol. The number of aliphatic hydroxyl groups excluding tert-OH is 1. The third kappa shape index (κ3) is 2.51. The molecule has 0 bridgehead atoms. The predicted molar refractivity (Wildman–Crippen MR) is 63.0 cm³/mol. The van der Waals surface area contributed by atoms with E-state index < -0.39 is 12.0 Å². The summed E-state index contributed by atoms with van der Waals surface area (Å²) in [7, 11) is 0. The van der Waals surface area contributed by atoms with E-state index in [4.69, 9.17) is 4.74 Å². The number of ether oxygens (including phenoxy) is 1. The normalized spacial score (nSPS) is 23.1. The monoisotopic (exact) mass is 284 g/mol. The SMILES string of the molecule is O=C1CCOC[C@H]1[C@@H](O)c1cccc(Br)c1. The summed E-state index contributed by atoms with van der Waals surface area (Å²) >= 11 is 3.34. The van der Waals surface area contributed by atoms with E-state index in [0.29, 0.717) is 19.6 Å². The Balaban J connectivity index is 2.17. The molecule has 3 nitrogen and oxygen atoms in total. The summed E-state index contributed by atoms with van der Waals surface area (Å²) in [5.41, 5.74) is 0.748. The second-order valence-electron chi connectivity index (χ2n) is 3.90. The van der Waals surface area contributed by atoms with Gasteiger partial charge in [-0.05, 0) is 17.7 Å². The number of aliphatic hydroxyl groups is 1. The minimum atomic E-state index is -0.773. The van der Waals surface area contributed by atoms with E-state index >= 15 is 0 Å². The summed E-state index contributed by atoms with van der Waals surface area (Å²) in [6.07, 6.45) is -0.374. The highest BCUT2D eigenvalue weighted by atomic mass is 79.9. The van der Waals surface area contributed by atoms with Gasteiger partial charge in [-0.1, -0.05) is 28.1 Å². The fourth-order valence-corrected chi connectivity index (χ4v) is 2.27. The van der Waals surface area contributed by atoms with Crippen molar-refractivity contribution >= 4 is 21.7 Å². The Morgan fingerprint density at radius 3 is 3.00 bits per heavy atom. The molecule has 0 saturated carbocycles. The van der Waals surface area contributed by atoms with Crippen molar-refractivity contribution in [1.29, 1.82) is 0 Å². The number of benzene rings is 1. The van der Waals surface area contributed by atoms with E-state index in [-0.39, 0.29) is 5.78 Å². The highest BCUT2D eigenvalue weighted by Crippen LogP contribution is 2.27. The molecule has 1 aliphatic rings. The maximum Gasteiger partial charge on any atom is 0.143 e. The number of carbonyl (C=O) groups is 1. The first kappa shape index (κ1) is 11.8. The standard InChI is InChI=1S/C12H13BrO3/c13-9-3-1-2-8(6-9)12(15)10-7-16-5-4-11(10)14/h1-3,6,10,12,15H,4-5,7H2/t10-,12+/m1/s1. The Morgan fingerprint density at radius 1 is 1.50 bits per heavy atom. The maximum absolute atomic E-state index is 11.6. The molecule has 16 heavy (non-hydrogen) atoms. The van der Waals surface area contributed by atoms with Crippen molar-refractivity contribution in [2.45, 2.75) is 12.5 Å². The Bertz CT molecular complexity index is 392. The Hall–Kier alpha value is -0.710. The zero-order valence-corrected chi connectivity index (χ0v) is 10.3. The van der Waals surface area contributed by atoms with E-state index in [2.05, 4.69) is 15.9 Å². The number of hydrogen-bond acceptors (Lipinski definition) is 3. The van der Waals surface area contributed by atoms with Gasteiger partial charge in [0.05, 0.1) is 25.2 Å². The van der Waals surface area contributed by atoms with E-state index in [1.54, 1.807) is 0 Å². The van der Waals surface area contributed by atoms with E-state index in [1.807, 2.05) is 24.3 Å². The van der Waals surface area contributed by atoms with Crippen LogP contribution in [0.3, 0.4) is 0 Å². The van der Waals surface area contributed by atoms with Crippen LogP contribution in [-0.4, -0.2) is 24.1 Å². The van der Waals surface area contributed by atoms with Gasteiger partial charge in [0, 0.05) is 10.9 Å². The van der Waals surface area contributed by atoms with Gasteiger partial charge in [0.2, 0.25) is 0 Å². The van der Waals surface area contributed by atoms with Crippen molar-refractivity contribution in [3.63, 3.8) is 0 Å². The molecule has 1 aliphatic heterocycles. The van der Waals surface area contributed by atoms with Crippen molar-refractivity contribution in [3.8, 4) is 0 Å². The van der Waals surface area contributed by atoms with Crippen LogP contribution in [0.4, 0.5) is 0 Å². The van der Waals surface area contributed by atoms with Gasteiger partial charge in [0.1, 0.15) is 5.78 Å². The first-order chi connectivity index (χ1) is 7.68. The highest BCUT2D eigenvalue weighted by Gasteiger charge is 2.30. The predicted octanol–water partition coefficient (Wildman–Crippen LogP) is 2.09. The van der Waals surface area contributed by atoms with Crippen LogP contribution in [0.15, 0.2) is 28.7 Å². The molecule has 1 N–H and O–H groups in total. The highest BCUT2D eigenvalue weighted by molar-refractivity contribution is 9.10. The third-order valence-corrected chi connectivity index (χ3v) is 3.27. The largest absolute Gasteiger partial charge is 0.388 e. The van der Waals surface area contributed by atoms with Crippen molar-refractivity contribution in [1.82, 2.24) is 0 Å². The van der Waals surface area contributed by atoms with Crippen LogP contribution in [0.2, 0.25) is 0 Å². The van der Waals surface area contributed by atoms with E-state index in [0.717, 1.165) is 10.0 Å². The number of Topliss-reactive ketones (excluding diaryl/α,β-unsaturated/α-hetero) is 1. The zero-order valence-electron chi connectivity index (χ0n) is 8.73. The molecule has 0 aliphatic carbocycles. The minimum Gasteiger partial charge on any atom is -0.388 e. The second kappa shape index (κ2) is 5.08. The quantitative estimate of drug-likeness (QED) is 0.905. The molecule has 0 aromatic heterocycles. The number of ketones is 1. The second-order valence-corrected chi connectivity index (χ2v) is 4.81. The van der Waals surface area contributed by atoms with Gasteiger partial charge in [0.25, 0.3) is 0 Å². The smallest absolute Gasteiger partial charge is 0.143 e. The molecular formula is C12H13BrO3. The molecule has 1 fully saturated rings. The van der Waals surface area contributed by atoms with Crippen LogP contribution in [0.5, 0.6) is 0 Å². The van der Waals surface area contributed by atoms with Crippen molar-refractivity contribution in [2.24, 2.45) is 5.92 Å². The van der Waals surface area contributed by atoms with Crippen LogP contribution < -0.4 is 0 Å². The molecule has 4 heteroatoms.